The quantitative estimate of drug-likeness (QED) is 0.805. The highest BCUT2D eigenvalue weighted by molar-refractivity contribution is 7.55. The molecule has 0 saturated carbocycles. The minimum absolute atomic E-state index is 0.316. The van der Waals surface area contributed by atoms with Gasteiger partial charge in [0.05, 0.1) is 19.5 Å². The van der Waals surface area contributed by atoms with E-state index in [0.29, 0.717) is 19.0 Å². The fraction of sp³-hybridized carbons (Fsp3) is 0.545. The van der Waals surface area contributed by atoms with Crippen molar-refractivity contribution in [2.24, 2.45) is 5.10 Å². The SMILES string of the molecule is CCOP(=O)(OCC)C1C=NNC1c1ccco1. The molecule has 1 aromatic heterocycles. The molecule has 100 valence electrons. The molecule has 6 nitrogen and oxygen atoms in total. The van der Waals surface area contributed by atoms with Crippen molar-refractivity contribution in [2.75, 3.05) is 13.2 Å². The lowest BCUT2D eigenvalue weighted by atomic mass is 10.2. The van der Waals surface area contributed by atoms with Crippen LogP contribution >= 0.6 is 7.60 Å². The highest BCUT2D eigenvalue weighted by Crippen LogP contribution is 2.57. The van der Waals surface area contributed by atoms with E-state index in [2.05, 4.69) is 10.5 Å². The molecule has 2 heterocycles. The Morgan fingerprint density at radius 3 is 2.72 bits per heavy atom. The number of furan rings is 1. The van der Waals surface area contributed by atoms with E-state index in [9.17, 15) is 4.57 Å². The minimum Gasteiger partial charge on any atom is -0.467 e. The van der Waals surface area contributed by atoms with Gasteiger partial charge in [0.1, 0.15) is 17.5 Å². The average Bonchev–Trinajstić information content (AvgIpc) is 3.00. The second-order valence-corrected chi connectivity index (χ2v) is 5.96. The van der Waals surface area contributed by atoms with Crippen LogP contribution < -0.4 is 5.43 Å². The number of nitrogens with one attached hydrogen (secondary N) is 1. The lowest BCUT2D eigenvalue weighted by Gasteiger charge is -2.24. The molecular weight excluding hydrogens is 255 g/mol. The zero-order valence-electron chi connectivity index (χ0n) is 10.4. The Kier molecular flexibility index (Phi) is 4.22. The largest absolute Gasteiger partial charge is 0.467 e. The van der Waals surface area contributed by atoms with Gasteiger partial charge in [-0.25, -0.2) is 0 Å². The van der Waals surface area contributed by atoms with Crippen LogP contribution in [0.1, 0.15) is 25.6 Å². The number of hydrogen-bond donors (Lipinski definition) is 1. The molecule has 0 aromatic carbocycles. The van der Waals surface area contributed by atoms with Gasteiger partial charge in [-0.15, -0.1) is 0 Å². The van der Waals surface area contributed by atoms with Gasteiger partial charge in [0.2, 0.25) is 0 Å². The van der Waals surface area contributed by atoms with E-state index in [-0.39, 0.29) is 6.04 Å². The van der Waals surface area contributed by atoms with Crippen molar-refractivity contribution in [1.29, 1.82) is 0 Å². The highest BCUT2D eigenvalue weighted by Gasteiger charge is 2.44. The van der Waals surface area contributed by atoms with Crippen molar-refractivity contribution in [1.82, 2.24) is 5.43 Å². The molecular formula is C11H17N2O4P. The fourth-order valence-corrected chi connectivity index (χ4v) is 3.84. The van der Waals surface area contributed by atoms with E-state index in [4.69, 9.17) is 13.5 Å². The van der Waals surface area contributed by atoms with Crippen molar-refractivity contribution in [3.05, 3.63) is 24.2 Å². The van der Waals surface area contributed by atoms with Gasteiger partial charge in [-0.05, 0) is 26.0 Å². The number of hydrogen-bond acceptors (Lipinski definition) is 6. The summed E-state index contributed by atoms with van der Waals surface area (Å²) in [5.41, 5.74) is 2.41. The Bertz CT molecular complexity index is 436. The zero-order chi connectivity index (χ0) is 13.0. The van der Waals surface area contributed by atoms with Crippen LogP contribution in [0.25, 0.3) is 0 Å². The second-order valence-electron chi connectivity index (χ2n) is 3.77. The van der Waals surface area contributed by atoms with Crippen molar-refractivity contribution in [3.63, 3.8) is 0 Å². The van der Waals surface area contributed by atoms with Crippen LogP contribution in [-0.4, -0.2) is 25.1 Å². The minimum atomic E-state index is -3.24. The van der Waals surface area contributed by atoms with Gasteiger partial charge in [-0.3, -0.25) is 9.99 Å². The first kappa shape index (κ1) is 13.3. The maximum atomic E-state index is 12.7. The third-order valence-corrected chi connectivity index (χ3v) is 5.01. The first-order valence-electron chi connectivity index (χ1n) is 5.92. The Morgan fingerprint density at radius 1 is 1.44 bits per heavy atom. The van der Waals surface area contributed by atoms with E-state index < -0.39 is 13.3 Å². The Labute approximate surface area is 106 Å². The maximum Gasteiger partial charge on any atom is 0.341 e. The van der Waals surface area contributed by atoms with Gasteiger partial charge in [0.15, 0.2) is 0 Å². The molecule has 1 N–H and O–H groups in total. The number of nitrogens with zero attached hydrogens (tertiary/aromatic N) is 1. The predicted octanol–water partition coefficient (Wildman–Crippen LogP) is 2.54. The van der Waals surface area contributed by atoms with Crippen LogP contribution in [0.15, 0.2) is 27.9 Å². The van der Waals surface area contributed by atoms with E-state index in [0.717, 1.165) is 0 Å². The smallest absolute Gasteiger partial charge is 0.341 e. The molecule has 7 heteroatoms. The van der Waals surface area contributed by atoms with Crippen LogP contribution in [0.3, 0.4) is 0 Å². The number of hydrazone groups is 1. The van der Waals surface area contributed by atoms with Crippen LogP contribution in [0, 0.1) is 0 Å². The molecule has 1 aromatic rings. The summed E-state index contributed by atoms with van der Waals surface area (Å²) < 4.78 is 28.7. The molecule has 0 radical (unpaired) electrons. The zero-order valence-corrected chi connectivity index (χ0v) is 11.3. The van der Waals surface area contributed by atoms with Crippen molar-refractivity contribution in [2.45, 2.75) is 25.5 Å². The molecule has 0 bridgehead atoms. The van der Waals surface area contributed by atoms with Crippen LogP contribution in [0.5, 0.6) is 0 Å². The highest BCUT2D eigenvalue weighted by atomic mass is 31.2. The Balaban J connectivity index is 2.23. The number of rotatable bonds is 6. The van der Waals surface area contributed by atoms with Crippen LogP contribution in [-0.2, 0) is 13.6 Å². The molecule has 0 saturated heterocycles. The summed E-state index contributed by atoms with van der Waals surface area (Å²) in [5.74, 6) is 0.664. The van der Waals surface area contributed by atoms with E-state index in [1.54, 1.807) is 32.4 Å². The summed E-state index contributed by atoms with van der Waals surface area (Å²) in [6.45, 7) is 4.22. The standard InChI is InChI=1S/C11H17N2O4P/c1-3-16-18(14,17-4-2)10-8-12-13-11(10)9-6-5-7-15-9/h5-8,10-11,13H,3-4H2,1-2H3. The van der Waals surface area contributed by atoms with Gasteiger partial charge in [-0.1, -0.05) is 0 Å². The van der Waals surface area contributed by atoms with Crippen molar-refractivity contribution >= 4 is 13.8 Å². The fourth-order valence-electron chi connectivity index (χ4n) is 1.90. The molecule has 0 fully saturated rings. The second kappa shape index (κ2) is 5.69. The molecule has 18 heavy (non-hydrogen) atoms. The average molecular weight is 272 g/mol. The van der Waals surface area contributed by atoms with Gasteiger partial charge in [0.25, 0.3) is 0 Å². The topological polar surface area (TPSA) is 73.1 Å². The lowest BCUT2D eigenvalue weighted by Crippen LogP contribution is -2.25. The third-order valence-electron chi connectivity index (χ3n) is 2.62. The van der Waals surface area contributed by atoms with Gasteiger partial charge < -0.3 is 13.5 Å². The third kappa shape index (κ3) is 2.51. The normalized spacial score (nSPS) is 23.2. The molecule has 1 aliphatic rings. The van der Waals surface area contributed by atoms with E-state index in [1.165, 1.54) is 0 Å². The van der Waals surface area contributed by atoms with Crippen LogP contribution in [0.2, 0.25) is 0 Å². The summed E-state index contributed by atoms with van der Waals surface area (Å²) in [5, 5.41) is 3.97. The molecule has 2 rings (SSSR count). The van der Waals surface area contributed by atoms with Crippen molar-refractivity contribution in [3.8, 4) is 0 Å². The Morgan fingerprint density at radius 2 is 2.17 bits per heavy atom. The van der Waals surface area contributed by atoms with Crippen molar-refractivity contribution < 1.29 is 18.0 Å². The van der Waals surface area contributed by atoms with Crippen LogP contribution in [0.4, 0.5) is 0 Å². The van der Waals surface area contributed by atoms with Gasteiger partial charge >= 0.3 is 7.60 Å². The molecule has 2 unspecified atom stereocenters. The lowest BCUT2D eigenvalue weighted by molar-refractivity contribution is 0.213. The summed E-state index contributed by atoms with van der Waals surface area (Å²) in [6, 6.07) is 3.27. The maximum absolute atomic E-state index is 12.7. The molecule has 1 aliphatic heterocycles. The van der Waals surface area contributed by atoms with Gasteiger partial charge in [-0.2, -0.15) is 5.10 Å². The monoisotopic (exact) mass is 272 g/mol. The molecule has 0 aliphatic carbocycles. The predicted molar refractivity (Wildman–Crippen MR) is 67.7 cm³/mol. The molecule has 0 spiro atoms. The first-order valence-corrected chi connectivity index (χ1v) is 7.53. The summed E-state index contributed by atoms with van der Waals surface area (Å²) >= 11 is 0. The molecule has 0 amide bonds. The Hall–Kier alpha value is -1.10. The summed E-state index contributed by atoms with van der Waals surface area (Å²) in [7, 11) is -3.24. The molecule has 2 atom stereocenters. The van der Waals surface area contributed by atoms with E-state index >= 15 is 0 Å². The summed E-state index contributed by atoms with van der Waals surface area (Å²) in [6.07, 6.45) is 3.14. The first-order chi connectivity index (χ1) is 8.71. The summed E-state index contributed by atoms with van der Waals surface area (Å²) in [4.78, 5) is 0. The van der Waals surface area contributed by atoms with Gasteiger partial charge in [0, 0.05) is 6.21 Å². The van der Waals surface area contributed by atoms with E-state index in [1.807, 2.05) is 6.07 Å².